The Bertz CT molecular complexity index is 1400. The number of carbonyl (C=O) groups is 6. The summed E-state index contributed by atoms with van der Waals surface area (Å²) in [5.41, 5.74) is 5.22. The fourth-order valence-corrected chi connectivity index (χ4v) is 5.47. The van der Waals surface area contributed by atoms with Gasteiger partial charge < -0.3 is 9.80 Å². The van der Waals surface area contributed by atoms with Crippen LogP contribution in [-0.4, -0.2) is 57.3 Å². The minimum absolute atomic E-state index is 0.109. The van der Waals surface area contributed by atoms with Gasteiger partial charge in [-0.15, -0.1) is 0 Å². The molecular weight excluding hydrogens is 536 g/mol. The molecule has 0 spiro atoms. The molecule has 4 heterocycles. The van der Waals surface area contributed by atoms with Crippen molar-refractivity contribution in [1.29, 1.82) is 0 Å². The highest BCUT2D eigenvalue weighted by Gasteiger charge is 2.40. The molecule has 2 saturated heterocycles. The third-order valence-electron chi connectivity index (χ3n) is 7.44. The SMILES string of the molecule is CC.CC.Cc1ccc2c(c1)C(=O)N(C1CCC(=O)NC1=O)C2.Cc1cccc2c1C(=O)N(C1CCC(=O)NC1=O)C2. The molecule has 10 heteroatoms. The van der Waals surface area contributed by atoms with E-state index in [4.69, 9.17) is 0 Å². The van der Waals surface area contributed by atoms with Gasteiger partial charge in [0, 0.05) is 37.1 Å². The second-order valence-electron chi connectivity index (χ2n) is 10.1. The molecule has 0 aromatic heterocycles. The topological polar surface area (TPSA) is 133 Å². The van der Waals surface area contributed by atoms with Crippen molar-refractivity contribution in [3.05, 3.63) is 69.8 Å². The van der Waals surface area contributed by atoms with Crippen LogP contribution in [0.5, 0.6) is 0 Å². The van der Waals surface area contributed by atoms with Gasteiger partial charge in [0.1, 0.15) is 12.1 Å². The van der Waals surface area contributed by atoms with E-state index in [1.165, 1.54) is 0 Å². The van der Waals surface area contributed by atoms with Gasteiger partial charge in [0.25, 0.3) is 11.8 Å². The van der Waals surface area contributed by atoms with Gasteiger partial charge in [-0.1, -0.05) is 63.6 Å². The summed E-state index contributed by atoms with van der Waals surface area (Å²) in [4.78, 5) is 73.8. The van der Waals surface area contributed by atoms with E-state index in [1.54, 1.807) is 9.80 Å². The molecule has 4 aliphatic rings. The van der Waals surface area contributed by atoms with E-state index in [0.29, 0.717) is 37.1 Å². The van der Waals surface area contributed by atoms with Crippen molar-refractivity contribution in [1.82, 2.24) is 20.4 Å². The first kappa shape index (κ1) is 32.2. The summed E-state index contributed by atoms with van der Waals surface area (Å²) in [6.45, 7) is 12.7. The second kappa shape index (κ2) is 14.0. The Morgan fingerprint density at radius 3 is 1.71 bits per heavy atom. The summed E-state index contributed by atoms with van der Waals surface area (Å²) in [7, 11) is 0. The number of fused-ring (bicyclic) bond motifs is 2. The lowest BCUT2D eigenvalue weighted by molar-refractivity contribution is -0.138. The van der Waals surface area contributed by atoms with Crippen LogP contribution < -0.4 is 10.6 Å². The van der Waals surface area contributed by atoms with Gasteiger partial charge in [0.05, 0.1) is 0 Å². The standard InChI is InChI=1S/2C14H14N2O3.2C2H6/c1-8-2-3-9-7-16(14(19)10(9)6-8)11-4-5-12(17)15-13(11)18;1-8-3-2-4-9-7-16(14(19)12(8)9)10-5-6-11(17)15-13(10)18;2*1-2/h2-3,6,11H,4-5,7H2,1H3,(H,15,17,18);2-4,10H,5-7H2,1H3,(H,15,17,18);2*1-2H3. The number of nitrogens with one attached hydrogen (secondary N) is 2. The number of rotatable bonds is 2. The molecule has 224 valence electrons. The van der Waals surface area contributed by atoms with Crippen LogP contribution in [0.25, 0.3) is 0 Å². The molecule has 42 heavy (non-hydrogen) atoms. The van der Waals surface area contributed by atoms with Crippen molar-refractivity contribution in [3.63, 3.8) is 0 Å². The van der Waals surface area contributed by atoms with Gasteiger partial charge in [0.2, 0.25) is 23.6 Å². The first-order valence-electron chi connectivity index (χ1n) is 14.6. The zero-order valence-corrected chi connectivity index (χ0v) is 25.2. The molecule has 2 aromatic rings. The average molecular weight is 577 g/mol. The van der Waals surface area contributed by atoms with Crippen LogP contribution in [0.4, 0.5) is 0 Å². The van der Waals surface area contributed by atoms with Gasteiger partial charge in [-0.3, -0.25) is 39.4 Å². The molecule has 4 aliphatic heterocycles. The van der Waals surface area contributed by atoms with Crippen molar-refractivity contribution < 1.29 is 28.8 Å². The van der Waals surface area contributed by atoms with Gasteiger partial charge >= 0.3 is 0 Å². The number of aryl methyl sites for hydroxylation is 2. The summed E-state index contributed by atoms with van der Waals surface area (Å²) in [5, 5.41) is 4.59. The molecular formula is C32H40N4O6. The largest absolute Gasteiger partial charge is 0.322 e. The Balaban J connectivity index is 0.000000206. The summed E-state index contributed by atoms with van der Waals surface area (Å²) in [6.07, 6.45) is 1.39. The molecule has 6 amide bonds. The third kappa shape index (κ3) is 6.58. The summed E-state index contributed by atoms with van der Waals surface area (Å²) < 4.78 is 0. The Morgan fingerprint density at radius 2 is 1.19 bits per heavy atom. The summed E-state index contributed by atoms with van der Waals surface area (Å²) in [6, 6.07) is 10.4. The molecule has 0 aliphatic carbocycles. The Labute approximate surface area is 246 Å². The Kier molecular flexibility index (Phi) is 10.7. The number of amides is 6. The van der Waals surface area contributed by atoms with Crippen LogP contribution in [-0.2, 0) is 32.3 Å². The molecule has 0 bridgehead atoms. The molecule has 2 N–H and O–H groups in total. The number of imide groups is 2. The van der Waals surface area contributed by atoms with Crippen LogP contribution in [0.15, 0.2) is 36.4 Å². The van der Waals surface area contributed by atoms with Crippen molar-refractivity contribution in [2.75, 3.05) is 0 Å². The number of nitrogens with zero attached hydrogens (tertiary/aromatic N) is 2. The number of piperidine rings is 2. The highest BCUT2D eigenvalue weighted by atomic mass is 16.2. The van der Waals surface area contributed by atoms with E-state index in [-0.39, 0.29) is 48.3 Å². The molecule has 2 unspecified atom stereocenters. The number of carbonyl (C=O) groups excluding carboxylic acids is 6. The van der Waals surface area contributed by atoms with E-state index in [0.717, 1.165) is 22.3 Å². The molecule has 2 atom stereocenters. The minimum Gasteiger partial charge on any atom is -0.322 e. The maximum Gasteiger partial charge on any atom is 0.255 e. The number of hydrogen-bond donors (Lipinski definition) is 2. The second-order valence-corrected chi connectivity index (χ2v) is 10.1. The molecule has 2 fully saturated rings. The average Bonchev–Trinajstić information content (AvgIpc) is 3.48. The van der Waals surface area contributed by atoms with E-state index >= 15 is 0 Å². The molecule has 0 radical (unpaired) electrons. The summed E-state index contributed by atoms with van der Waals surface area (Å²) >= 11 is 0. The minimum atomic E-state index is -0.531. The fourth-order valence-electron chi connectivity index (χ4n) is 5.47. The van der Waals surface area contributed by atoms with E-state index in [1.807, 2.05) is 77.9 Å². The van der Waals surface area contributed by atoms with Crippen molar-refractivity contribution in [2.45, 2.75) is 92.4 Å². The Morgan fingerprint density at radius 1 is 0.667 bits per heavy atom. The zero-order valence-electron chi connectivity index (χ0n) is 25.2. The molecule has 6 rings (SSSR count). The predicted octanol–water partition coefficient (Wildman–Crippen LogP) is 3.56. The van der Waals surface area contributed by atoms with Crippen molar-refractivity contribution in [3.8, 4) is 0 Å². The van der Waals surface area contributed by atoms with Gasteiger partial charge in [-0.05, 0) is 49.4 Å². The van der Waals surface area contributed by atoms with E-state index in [2.05, 4.69) is 10.6 Å². The van der Waals surface area contributed by atoms with Crippen molar-refractivity contribution in [2.24, 2.45) is 0 Å². The van der Waals surface area contributed by atoms with Crippen LogP contribution in [0.3, 0.4) is 0 Å². The molecule has 2 aromatic carbocycles. The smallest absolute Gasteiger partial charge is 0.255 e. The summed E-state index contributed by atoms with van der Waals surface area (Å²) in [5.74, 6) is -1.48. The first-order valence-corrected chi connectivity index (χ1v) is 14.6. The predicted molar refractivity (Wildman–Crippen MR) is 157 cm³/mol. The van der Waals surface area contributed by atoms with E-state index < -0.39 is 12.1 Å². The Hall–Kier alpha value is -4.34. The van der Waals surface area contributed by atoms with Crippen LogP contribution in [0.1, 0.15) is 96.3 Å². The van der Waals surface area contributed by atoms with Crippen LogP contribution in [0, 0.1) is 13.8 Å². The highest BCUT2D eigenvalue weighted by Crippen LogP contribution is 2.30. The lowest BCUT2D eigenvalue weighted by Crippen LogP contribution is -2.52. The van der Waals surface area contributed by atoms with Gasteiger partial charge in [-0.25, -0.2) is 0 Å². The normalized spacial score (nSPS) is 20.6. The highest BCUT2D eigenvalue weighted by molar-refractivity contribution is 6.06. The van der Waals surface area contributed by atoms with Crippen LogP contribution in [0.2, 0.25) is 0 Å². The van der Waals surface area contributed by atoms with E-state index in [9.17, 15) is 28.8 Å². The lowest BCUT2D eigenvalue weighted by atomic mass is 10.0. The number of hydrogen-bond acceptors (Lipinski definition) is 6. The van der Waals surface area contributed by atoms with Crippen molar-refractivity contribution >= 4 is 35.4 Å². The van der Waals surface area contributed by atoms with Crippen LogP contribution >= 0.6 is 0 Å². The fraction of sp³-hybridized carbons (Fsp3) is 0.438. The first-order chi connectivity index (χ1) is 20.1. The molecule has 10 nitrogen and oxygen atoms in total. The lowest BCUT2D eigenvalue weighted by Gasteiger charge is -2.29. The zero-order chi connectivity index (χ0) is 31.1. The molecule has 0 saturated carbocycles. The quantitative estimate of drug-likeness (QED) is 0.526. The number of benzene rings is 2. The van der Waals surface area contributed by atoms with Gasteiger partial charge in [-0.2, -0.15) is 0 Å². The monoisotopic (exact) mass is 576 g/mol. The third-order valence-corrected chi connectivity index (χ3v) is 7.44. The maximum absolute atomic E-state index is 12.4. The maximum atomic E-state index is 12.4. The van der Waals surface area contributed by atoms with Gasteiger partial charge in [0.15, 0.2) is 0 Å².